The van der Waals surface area contributed by atoms with Gasteiger partial charge in [-0.25, -0.2) is 0 Å². The van der Waals surface area contributed by atoms with Crippen molar-refractivity contribution in [1.82, 2.24) is 0 Å². The Hall–Kier alpha value is -2.53. The molecule has 1 aromatic heterocycles. The van der Waals surface area contributed by atoms with Crippen molar-refractivity contribution in [3.05, 3.63) is 63.7 Å². The lowest BCUT2D eigenvalue weighted by molar-refractivity contribution is 0.234. The van der Waals surface area contributed by atoms with Crippen molar-refractivity contribution >= 4 is 6.08 Å². The maximum atomic E-state index is 12.2. The molecule has 1 N–H and O–H groups in total. The summed E-state index contributed by atoms with van der Waals surface area (Å²) in [5.41, 5.74) is 0.974. The summed E-state index contributed by atoms with van der Waals surface area (Å²) >= 11 is 0. The molecule has 2 rings (SSSR count). The Morgan fingerprint density at radius 1 is 1.11 bits per heavy atom. The van der Waals surface area contributed by atoms with Gasteiger partial charge in [-0.1, -0.05) is 37.6 Å². The molecule has 28 heavy (non-hydrogen) atoms. The Morgan fingerprint density at radius 3 is 2.57 bits per heavy atom. The molecule has 0 unspecified atom stereocenters. The third-order valence-corrected chi connectivity index (χ3v) is 4.24. The Kier molecular flexibility index (Phi) is 9.35. The van der Waals surface area contributed by atoms with Gasteiger partial charge in [-0.3, -0.25) is 4.79 Å². The van der Waals surface area contributed by atoms with Gasteiger partial charge in [0.25, 0.3) is 0 Å². The zero-order chi connectivity index (χ0) is 20.2. The number of hydrogen-bond acceptors (Lipinski definition) is 5. The lowest BCUT2D eigenvalue weighted by Gasteiger charge is -2.11. The van der Waals surface area contributed by atoms with Crippen LogP contribution in [0.3, 0.4) is 0 Å². The van der Waals surface area contributed by atoms with Crippen molar-refractivity contribution in [2.45, 2.75) is 52.6 Å². The highest BCUT2D eigenvalue weighted by molar-refractivity contribution is 5.50. The van der Waals surface area contributed by atoms with Gasteiger partial charge in [-0.05, 0) is 50.3 Å². The van der Waals surface area contributed by atoms with Gasteiger partial charge in [0, 0.05) is 6.07 Å². The summed E-state index contributed by atoms with van der Waals surface area (Å²) in [6.45, 7) is 4.77. The van der Waals surface area contributed by atoms with Crippen LogP contribution in [-0.2, 0) is 13.0 Å². The van der Waals surface area contributed by atoms with Crippen molar-refractivity contribution in [2.24, 2.45) is 0 Å². The molecule has 0 aliphatic rings. The standard InChI is InChI=1S/C23H30O5/c1-3-10-18-12-6-7-13-21(18)26-14-8-5-9-15-27-23-20(25)16-19(17-24)28-22(23)11-4-2/h4,6-7,11-13,16,24H,3,5,8-10,14-15,17H2,1-2H3/b11-4+. The number of aliphatic hydroxyl groups excluding tert-OH is 1. The monoisotopic (exact) mass is 386 g/mol. The molecule has 0 spiro atoms. The topological polar surface area (TPSA) is 68.9 Å². The predicted octanol–water partition coefficient (Wildman–Crippen LogP) is 4.75. The van der Waals surface area contributed by atoms with Gasteiger partial charge in [-0.15, -0.1) is 0 Å². The molecule has 0 amide bonds. The second kappa shape index (κ2) is 12.0. The van der Waals surface area contributed by atoms with E-state index >= 15 is 0 Å². The van der Waals surface area contributed by atoms with Crippen LogP contribution >= 0.6 is 0 Å². The summed E-state index contributed by atoms with van der Waals surface area (Å²) in [5.74, 6) is 1.74. The van der Waals surface area contributed by atoms with Gasteiger partial charge in [0.2, 0.25) is 11.2 Å². The Balaban J connectivity index is 1.76. The Bertz CT molecular complexity index is 807. The molecule has 5 nitrogen and oxygen atoms in total. The van der Waals surface area contributed by atoms with E-state index in [-0.39, 0.29) is 23.5 Å². The number of allylic oxidation sites excluding steroid dienone is 1. The number of para-hydroxylation sites is 1. The smallest absolute Gasteiger partial charge is 0.227 e. The summed E-state index contributed by atoms with van der Waals surface area (Å²) < 4.78 is 17.0. The molecule has 152 valence electrons. The van der Waals surface area contributed by atoms with Crippen molar-refractivity contribution < 1.29 is 19.0 Å². The van der Waals surface area contributed by atoms with E-state index in [1.807, 2.05) is 25.1 Å². The van der Waals surface area contributed by atoms with Gasteiger partial charge >= 0.3 is 0 Å². The van der Waals surface area contributed by atoms with E-state index in [1.54, 1.807) is 12.2 Å². The number of aryl methyl sites for hydroxylation is 1. The largest absolute Gasteiger partial charge is 0.493 e. The maximum Gasteiger partial charge on any atom is 0.227 e. The zero-order valence-electron chi connectivity index (χ0n) is 16.8. The van der Waals surface area contributed by atoms with Crippen LogP contribution in [0, 0.1) is 0 Å². The lowest BCUT2D eigenvalue weighted by atomic mass is 10.1. The molecule has 0 aliphatic carbocycles. The quantitative estimate of drug-likeness (QED) is 0.533. The van der Waals surface area contributed by atoms with E-state index in [1.165, 1.54) is 11.6 Å². The minimum atomic E-state index is -0.318. The molecular weight excluding hydrogens is 356 g/mol. The first-order valence-electron chi connectivity index (χ1n) is 9.93. The van der Waals surface area contributed by atoms with E-state index in [4.69, 9.17) is 19.0 Å². The lowest BCUT2D eigenvalue weighted by Crippen LogP contribution is -2.11. The fourth-order valence-electron chi connectivity index (χ4n) is 2.89. The van der Waals surface area contributed by atoms with Gasteiger partial charge in [-0.2, -0.15) is 0 Å². The van der Waals surface area contributed by atoms with Crippen LogP contribution in [-0.4, -0.2) is 18.3 Å². The third kappa shape index (κ3) is 6.57. The summed E-state index contributed by atoms with van der Waals surface area (Å²) in [4.78, 5) is 12.2. The highest BCUT2D eigenvalue weighted by Gasteiger charge is 2.11. The minimum Gasteiger partial charge on any atom is -0.493 e. The molecule has 0 radical (unpaired) electrons. The van der Waals surface area contributed by atoms with E-state index in [9.17, 15) is 4.79 Å². The van der Waals surface area contributed by atoms with Gasteiger partial charge in [0.05, 0.1) is 13.2 Å². The summed E-state index contributed by atoms with van der Waals surface area (Å²) in [6.07, 6.45) is 8.23. The van der Waals surface area contributed by atoms with Crippen LogP contribution in [0.4, 0.5) is 0 Å². The second-order valence-electron chi connectivity index (χ2n) is 6.54. The van der Waals surface area contributed by atoms with E-state index in [0.29, 0.717) is 19.0 Å². The molecule has 5 heteroatoms. The summed E-state index contributed by atoms with van der Waals surface area (Å²) in [7, 11) is 0. The first kappa shape index (κ1) is 21.8. The molecule has 0 aliphatic heterocycles. The Labute approximate surface area is 166 Å². The molecule has 0 saturated carbocycles. The van der Waals surface area contributed by atoms with Crippen molar-refractivity contribution in [3.8, 4) is 11.5 Å². The fraction of sp³-hybridized carbons (Fsp3) is 0.435. The highest BCUT2D eigenvalue weighted by Crippen LogP contribution is 2.20. The first-order chi connectivity index (χ1) is 13.7. The van der Waals surface area contributed by atoms with E-state index in [0.717, 1.165) is 37.9 Å². The molecule has 0 saturated heterocycles. The molecule has 2 aromatic rings. The van der Waals surface area contributed by atoms with Gasteiger partial charge in [0.1, 0.15) is 18.1 Å². The van der Waals surface area contributed by atoms with Crippen LogP contribution in [0.25, 0.3) is 6.08 Å². The van der Waals surface area contributed by atoms with Crippen LogP contribution < -0.4 is 14.9 Å². The van der Waals surface area contributed by atoms with Crippen molar-refractivity contribution in [2.75, 3.05) is 13.2 Å². The SMILES string of the molecule is C/C=C/c1oc(CO)cc(=O)c1OCCCCCOc1ccccc1CCC. The number of rotatable bonds is 12. The third-order valence-electron chi connectivity index (χ3n) is 4.24. The Morgan fingerprint density at radius 2 is 1.86 bits per heavy atom. The average molecular weight is 386 g/mol. The van der Waals surface area contributed by atoms with Crippen LogP contribution in [0.2, 0.25) is 0 Å². The van der Waals surface area contributed by atoms with Crippen LogP contribution in [0.1, 0.15) is 56.6 Å². The predicted molar refractivity (Wildman–Crippen MR) is 111 cm³/mol. The first-order valence-corrected chi connectivity index (χ1v) is 9.93. The van der Waals surface area contributed by atoms with E-state index < -0.39 is 0 Å². The van der Waals surface area contributed by atoms with Crippen molar-refractivity contribution in [3.63, 3.8) is 0 Å². The highest BCUT2D eigenvalue weighted by atomic mass is 16.5. The number of unbranched alkanes of at least 4 members (excludes halogenated alkanes) is 2. The number of benzene rings is 1. The summed E-state index contributed by atoms with van der Waals surface area (Å²) in [5, 5.41) is 9.16. The van der Waals surface area contributed by atoms with Gasteiger partial charge in [0.15, 0.2) is 5.76 Å². The molecule has 0 bridgehead atoms. The number of hydrogen-bond donors (Lipinski definition) is 1. The zero-order valence-corrected chi connectivity index (χ0v) is 16.8. The number of ether oxygens (including phenoxy) is 2. The molecule has 0 atom stereocenters. The molecule has 1 aromatic carbocycles. The second-order valence-corrected chi connectivity index (χ2v) is 6.54. The number of aliphatic hydroxyl groups is 1. The average Bonchev–Trinajstić information content (AvgIpc) is 2.70. The van der Waals surface area contributed by atoms with Crippen LogP contribution in [0.5, 0.6) is 11.5 Å². The van der Waals surface area contributed by atoms with E-state index in [2.05, 4.69) is 13.0 Å². The molecular formula is C23H30O5. The summed E-state index contributed by atoms with van der Waals surface area (Å²) in [6, 6.07) is 9.44. The van der Waals surface area contributed by atoms with Crippen LogP contribution in [0.15, 0.2) is 45.6 Å². The van der Waals surface area contributed by atoms with Crippen molar-refractivity contribution in [1.29, 1.82) is 0 Å². The fourth-order valence-corrected chi connectivity index (χ4v) is 2.89. The maximum absolute atomic E-state index is 12.2. The van der Waals surface area contributed by atoms with Gasteiger partial charge < -0.3 is 19.0 Å². The molecule has 0 fully saturated rings. The molecule has 1 heterocycles. The normalized spacial score (nSPS) is 11.1. The minimum absolute atomic E-state index is 0.194.